The molecule has 1 aromatic carbocycles. The van der Waals surface area contributed by atoms with Crippen molar-refractivity contribution in [3.05, 3.63) is 35.7 Å². The zero-order valence-corrected chi connectivity index (χ0v) is 13.4. The molecule has 0 bridgehead atoms. The molecule has 0 amide bonds. The quantitative estimate of drug-likeness (QED) is 0.915. The van der Waals surface area contributed by atoms with E-state index in [9.17, 15) is 0 Å². The zero-order chi connectivity index (χ0) is 15.3. The van der Waals surface area contributed by atoms with E-state index in [1.807, 2.05) is 4.68 Å². The first-order valence-electron chi connectivity index (χ1n) is 8.95. The van der Waals surface area contributed by atoms with Gasteiger partial charge >= 0.3 is 0 Å². The second kappa shape index (κ2) is 5.05. The summed E-state index contributed by atoms with van der Waals surface area (Å²) in [6, 6.07) is 9.52. The van der Waals surface area contributed by atoms with Crippen molar-refractivity contribution in [2.24, 2.45) is 5.41 Å². The van der Waals surface area contributed by atoms with Gasteiger partial charge in [-0.15, -0.1) is 5.10 Å². The van der Waals surface area contributed by atoms with Crippen LogP contribution in [-0.2, 0) is 6.54 Å². The fraction of sp³-hybridized carbons (Fsp3) is 0.611. The molecule has 5 nitrogen and oxygen atoms in total. The first-order valence-corrected chi connectivity index (χ1v) is 8.95. The minimum absolute atomic E-state index is 0.529. The van der Waals surface area contributed by atoms with Crippen LogP contribution in [0.5, 0.6) is 0 Å². The Kier molecular flexibility index (Phi) is 2.97. The van der Waals surface area contributed by atoms with Crippen molar-refractivity contribution in [1.29, 1.82) is 0 Å². The average Bonchev–Trinajstić information content (AvgIpc) is 3.22. The summed E-state index contributed by atoms with van der Waals surface area (Å²) in [5.41, 5.74) is 3.37. The molecule has 0 radical (unpaired) electrons. The number of aromatic nitrogens is 4. The largest absolute Gasteiger partial charge is 0.378 e. The summed E-state index contributed by atoms with van der Waals surface area (Å²) >= 11 is 0. The molecular weight excluding hydrogens is 286 g/mol. The molecule has 1 aromatic heterocycles. The lowest BCUT2D eigenvalue weighted by atomic mass is 9.48. The monoisotopic (exact) mass is 309 g/mol. The fourth-order valence-corrected chi connectivity index (χ4v) is 4.42. The summed E-state index contributed by atoms with van der Waals surface area (Å²) in [5, 5.41) is 15.6. The molecule has 3 fully saturated rings. The van der Waals surface area contributed by atoms with Crippen molar-refractivity contribution >= 4 is 5.69 Å². The minimum Gasteiger partial charge on any atom is -0.378 e. The Hall–Kier alpha value is -1.91. The lowest BCUT2D eigenvalue weighted by Crippen LogP contribution is -2.43. The van der Waals surface area contributed by atoms with Gasteiger partial charge in [-0.05, 0) is 78.0 Å². The highest BCUT2D eigenvalue weighted by Crippen LogP contribution is 2.64. The molecule has 120 valence electrons. The van der Waals surface area contributed by atoms with Gasteiger partial charge in [-0.3, -0.25) is 0 Å². The second-order valence-electron chi connectivity index (χ2n) is 7.56. The molecule has 1 N–H and O–H groups in total. The second-order valence-corrected chi connectivity index (χ2v) is 7.56. The molecule has 5 heteroatoms. The van der Waals surface area contributed by atoms with E-state index in [0.717, 1.165) is 11.7 Å². The van der Waals surface area contributed by atoms with Crippen LogP contribution >= 0.6 is 0 Å². The Morgan fingerprint density at radius 3 is 2.78 bits per heavy atom. The Morgan fingerprint density at radius 1 is 1.17 bits per heavy atom. The van der Waals surface area contributed by atoms with Crippen LogP contribution in [0.1, 0.15) is 68.3 Å². The molecule has 3 aliphatic carbocycles. The molecule has 0 aliphatic heterocycles. The third-order valence-electron chi connectivity index (χ3n) is 6.21. The van der Waals surface area contributed by atoms with Crippen molar-refractivity contribution in [2.45, 2.75) is 63.5 Å². The highest BCUT2D eigenvalue weighted by molar-refractivity contribution is 5.47. The van der Waals surface area contributed by atoms with E-state index in [2.05, 4.69) is 45.1 Å². The van der Waals surface area contributed by atoms with E-state index in [1.54, 1.807) is 0 Å². The molecule has 2 aromatic rings. The van der Waals surface area contributed by atoms with Crippen LogP contribution in [0.15, 0.2) is 24.3 Å². The number of anilines is 1. The van der Waals surface area contributed by atoms with Gasteiger partial charge in [0, 0.05) is 5.69 Å². The Bertz CT molecular complexity index is 708. The number of hydrogen-bond donors (Lipinski definition) is 1. The molecule has 1 heterocycles. The summed E-state index contributed by atoms with van der Waals surface area (Å²) in [6.45, 7) is 0.697. The summed E-state index contributed by atoms with van der Waals surface area (Å²) in [5.74, 6) is 1.73. The molecule has 5 rings (SSSR count). The minimum atomic E-state index is 0.529. The van der Waals surface area contributed by atoms with E-state index in [1.165, 1.54) is 56.2 Å². The molecule has 1 unspecified atom stereocenters. The number of nitrogens with zero attached hydrogens (tertiary/aromatic N) is 4. The molecule has 1 spiro atoms. The Morgan fingerprint density at radius 2 is 2.09 bits per heavy atom. The van der Waals surface area contributed by atoms with E-state index >= 15 is 0 Å². The summed E-state index contributed by atoms with van der Waals surface area (Å²) in [4.78, 5) is 0. The Labute approximate surface area is 136 Å². The van der Waals surface area contributed by atoms with Crippen LogP contribution in [-0.4, -0.2) is 20.2 Å². The Balaban J connectivity index is 1.29. The van der Waals surface area contributed by atoms with Gasteiger partial charge in [-0.2, -0.15) is 0 Å². The van der Waals surface area contributed by atoms with Crippen LogP contribution in [0.25, 0.3) is 0 Å². The third-order valence-corrected chi connectivity index (χ3v) is 6.21. The van der Waals surface area contributed by atoms with Crippen molar-refractivity contribution < 1.29 is 0 Å². The van der Waals surface area contributed by atoms with Crippen molar-refractivity contribution in [3.63, 3.8) is 0 Å². The van der Waals surface area contributed by atoms with E-state index in [0.29, 0.717) is 18.0 Å². The van der Waals surface area contributed by atoms with Crippen LogP contribution in [0.3, 0.4) is 0 Å². The van der Waals surface area contributed by atoms with Crippen molar-refractivity contribution in [3.8, 4) is 0 Å². The summed E-state index contributed by atoms with van der Waals surface area (Å²) in [6.07, 6.45) is 9.51. The maximum atomic E-state index is 4.16. The van der Waals surface area contributed by atoms with Crippen LogP contribution < -0.4 is 5.32 Å². The van der Waals surface area contributed by atoms with Gasteiger partial charge in [0.1, 0.15) is 0 Å². The van der Waals surface area contributed by atoms with Crippen molar-refractivity contribution in [2.75, 3.05) is 5.32 Å². The normalized spacial score (nSPS) is 25.0. The van der Waals surface area contributed by atoms with Gasteiger partial charge < -0.3 is 5.32 Å². The predicted octanol–water partition coefficient (Wildman–Crippen LogP) is 3.67. The fourth-order valence-electron chi connectivity index (χ4n) is 4.42. The first kappa shape index (κ1) is 13.5. The molecular formula is C18H23N5. The van der Waals surface area contributed by atoms with Gasteiger partial charge in [0.05, 0.1) is 12.6 Å². The summed E-state index contributed by atoms with van der Waals surface area (Å²) < 4.78 is 1.98. The van der Waals surface area contributed by atoms with Gasteiger partial charge in [0.2, 0.25) is 0 Å². The van der Waals surface area contributed by atoms with Crippen molar-refractivity contribution in [1.82, 2.24) is 20.2 Å². The number of hydrogen-bond acceptors (Lipinski definition) is 4. The lowest BCUT2D eigenvalue weighted by molar-refractivity contribution is -0.00195. The average molecular weight is 309 g/mol. The number of nitrogens with one attached hydrogen (secondary N) is 1. The SMILES string of the molecule is c1cc(NCc2nnnn2C2CC2)cc(C2CCC23CCC3)c1. The van der Waals surface area contributed by atoms with E-state index < -0.39 is 0 Å². The van der Waals surface area contributed by atoms with Gasteiger partial charge in [-0.25, -0.2) is 4.68 Å². The van der Waals surface area contributed by atoms with Gasteiger partial charge in [0.25, 0.3) is 0 Å². The van der Waals surface area contributed by atoms with E-state index in [-0.39, 0.29) is 0 Å². The molecule has 0 saturated heterocycles. The van der Waals surface area contributed by atoms with E-state index in [4.69, 9.17) is 0 Å². The highest BCUT2D eigenvalue weighted by Gasteiger charge is 2.50. The third kappa shape index (κ3) is 2.25. The lowest BCUT2D eigenvalue weighted by Gasteiger charge is -2.56. The predicted molar refractivity (Wildman–Crippen MR) is 88.1 cm³/mol. The van der Waals surface area contributed by atoms with Crippen LogP contribution in [0, 0.1) is 5.41 Å². The highest BCUT2D eigenvalue weighted by atomic mass is 15.6. The molecule has 23 heavy (non-hydrogen) atoms. The maximum absolute atomic E-state index is 4.16. The smallest absolute Gasteiger partial charge is 0.170 e. The first-order chi connectivity index (χ1) is 11.3. The standard InChI is InChI=1S/C18H23N5/c1-3-13(16-7-10-18(16)8-2-9-18)11-14(4-1)19-12-17-20-21-22-23(17)15-5-6-15/h1,3-4,11,15-16,19H,2,5-10,12H2. The topological polar surface area (TPSA) is 55.6 Å². The molecule has 1 atom stereocenters. The maximum Gasteiger partial charge on any atom is 0.170 e. The summed E-state index contributed by atoms with van der Waals surface area (Å²) in [7, 11) is 0. The van der Waals surface area contributed by atoms with Gasteiger partial charge in [-0.1, -0.05) is 18.6 Å². The number of benzene rings is 1. The van der Waals surface area contributed by atoms with Crippen LogP contribution in [0.4, 0.5) is 5.69 Å². The molecule has 3 saturated carbocycles. The number of rotatable bonds is 5. The number of tetrazole rings is 1. The van der Waals surface area contributed by atoms with Crippen LogP contribution in [0.2, 0.25) is 0 Å². The zero-order valence-electron chi connectivity index (χ0n) is 13.4. The molecule has 3 aliphatic rings. The van der Waals surface area contributed by atoms with Gasteiger partial charge in [0.15, 0.2) is 5.82 Å².